The molecular formula is C14H22N4S. The topological polar surface area (TPSA) is 46.6 Å². The first-order valence-electron chi connectivity index (χ1n) is 7.23. The fourth-order valence-electron chi connectivity index (χ4n) is 3.11. The highest BCUT2D eigenvalue weighted by Gasteiger charge is 2.23. The highest BCUT2D eigenvalue weighted by molar-refractivity contribution is 7.15. The number of nitrogens with two attached hydrogens (primary N) is 1. The van der Waals surface area contributed by atoms with Gasteiger partial charge in [0.15, 0.2) is 10.8 Å². The summed E-state index contributed by atoms with van der Waals surface area (Å²) in [7, 11) is 0. The summed E-state index contributed by atoms with van der Waals surface area (Å²) in [6.45, 7) is 5.09. The number of nitrogens with zero attached hydrogens (tertiary/aromatic N) is 3. The standard InChI is InChI=1S/C14H22N4S/c1-2-3-11-4-6-17(7-5-11)13-12(10-15)18-8-9-19-14(18)16-13/h8-9,11H,2-7,10,15H2,1H3. The molecule has 0 atom stereocenters. The number of rotatable bonds is 4. The lowest BCUT2D eigenvalue weighted by Crippen LogP contribution is -2.34. The molecule has 1 saturated heterocycles. The van der Waals surface area contributed by atoms with E-state index in [1.54, 1.807) is 11.3 Å². The zero-order chi connectivity index (χ0) is 13.2. The fraction of sp³-hybridized carbons (Fsp3) is 0.643. The van der Waals surface area contributed by atoms with Gasteiger partial charge in [-0.2, -0.15) is 0 Å². The van der Waals surface area contributed by atoms with Gasteiger partial charge in [0.05, 0.1) is 5.69 Å². The Bertz CT molecular complexity index is 537. The SMILES string of the molecule is CCCC1CCN(c2nc3sccn3c2CN)CC1. The fourth-order valence-corrected chi connectivity index (χ4v) is 3.83. The van der Waals surface area contributed by atoms with Gasteiger partial charge in [0.25, 0.3) is 0 Å². The van der Waals surface area contributed by atoms with Gasteiger partial charge in [-0.05, 0) is 18.8 Å². The maximum Gasteiger partial charge on any atom is 0.195 e. The molecule has 5 heteroatoms. The normalized spacial score (nSPS) is 17.5. The van der Waals surface area contributed by atoms with E-state index >= 15 is 0 Å². The van der Waals surface area contributed by atoms with Crippen LogP contribution in [0.4, 0.5) is 5.82 Å². The quantitative estimate of drug-likeness (QED) is 0.935. The molecule has 0 unspecified atom stereocenters. The summed E-state index contributed by atoms with van der Waals surface area (Å²) >= 11 is 1.68. The van der Waals surface area contributed by atoms with Crippen LogP contribution in [0.1, 0.15) is 38.3 Å². The van der Waals surface area contributed by atoms with Crippen LogP contribution in [0.5, 0.6) is 0 Å². The van der Waals surface area contributed by atoms with Gasteiger partial charge >= 0.3 is 0 Å². The number of piperidine rings is 1. The average Bonchev–Trinajstić information content (AvgIpc) is 3.00. The van der Waals surface area contributed by atoms with Crippen molar-refractivity contribution in [2.45, 2.75) is 39.2 Å². The maximum atomic E-state index is 5.92. The van der Waals surface area contributed by atoms with Crippen molar-refractivity contribution < 1.29 is 0 Å². The monoisotopic (exact) mass is 278 g/mol. The van der Waals surface area contributed by atoms with E-state index in [0.717, 1.165) is 35.5 Å². The number of imidazole rings is 1. The van der Waals surface area contributed by atoms with E-state index in [0.29, 0.717) is 6.54 Å². The average molecular weight is 278 g/mol. The van der Waals surface area contributed by atoms with E-state index in [9.17, 15) is 0 Å². The van der Waals surface area contributed by atoms with E-state index < -0.39 is 0 Å². The van der Waals surface area contributed by atoms with Crippen LogP contribution in [-0.4, -0.2) is 22.5 Å². The molecule has 3 heterocycles. The molecule has 0 amide bonds. The zero-order valence-electron chi connectivity index (χ0n) is 11.5. The molecule has 0 aliphatic carbocycles. The number of anilines is 1. The van der Waals surface area contributed by atoms with E-state index in [1.807, 2.05) is 0 Å². The summed E-state index contributed by atoms with van der Waals surface area (Å²) in [4.78, 5) is 8.25. The van der Waals surface area contributed by atoms with E-state index in [-0.39, 0.29) is 0 Å². The summed E-state index contributed by atoms with van der Waals surface area (Å²) in [6.07, 6.45) is 7.34. The van der Waals surface area contributed by atoms with Crippen LogP contribution in [0.3, 0.4) is 0 Å². The molecule has 0 aromatic carbocycles. The summed E-state index contributed by atoms with van der Waals surface area (Å²) in [5, 5.41) is 2.07. The molecule has 0 radical (unpaired) electrons. The van der Waals surface area contributed by atoms with Gasteiger partial charge in [0.2, 0.25) is 0 Å². The molecule has 1 aliphatic rings. The van der Waals surface area contributed by atoms with Gasteiger partial charge in [-0.25, -0.2) is 4.98 Å². The first kappa shape index (κ1) is 12.9. The predicted octanol–water partition coefficient (Wildman–Crippen LogP) is 2.87. The van der Waals surface area contributed by atoms with E-state index in [2.05, 4.69) is 27.8 Å². The Morgan fingerprint density at radius 1 is 1.42 bits per heavy atom. The molecule has 3 rings (SSSR count). The third-order valence-corrected chi connectivity index (χ3v) is 4.90. The number of hydrogen-bond donors (Lipinski definition) is 1. The smallest absolute Gasteiger partial charge is 0.195 e. The molecule has 0 spiro atoms. The van der Waals surface area contributed by atoms with Gasteiger partial charge in [0.1, 0.15) is 0 Å². The van der Waals surface area contributed by atoms with Gasteiger partial charge in [-0.1, -0.05) is 19.8 Å². The van der Waals surface area contributed by atoms with Crippen molar-refractivity contribution in [3.8, 4) is 0 Å². The Labute approximate surface area is 118 Å². The van der Waals surface area contributed by atoms with Crippen LogP contribution in [0, 0.1) is 5.92 Å². The molecular weight excluding hydrogens is 256 g/mol. The molecule has 2 aromatic heterocycles. The van der Waals surface area contributed by atoms with Crippen molar-refractivity contribution in [3.63, 3.8) is 0 Å². The van der Waals surface area contributed by atoms with Gasteiger partial charge in [-0.15, -0.1) is 11.3 Å². The molecule has 4 nitrogen and oxygen atoms in total. The largest absolute Gasteiger partial charge is 0.355 e. The minimum atomic E-state index is 0.558. The lowest BCUT2D eigenvalue weighted by molar-refractivity contribution is 0.377. The third kappa shape index (κ3) is 2.37. The van der Waals surface area contributed by atoms with Crippen LogP contribution >= 0.6 is 11.3 Å². The number of thiazole rings is 1. The van der Waals surface area contributed by atoms with Gasteiger partial charge < -0.3 is 10.6 Å². The molecule has 0 bridgehead atoms. The Balaban J connectivity index is 1.79. The zero-order valence-corrected chi connectivity index (χ0v) is 12.3. The summed E-state index contributed by atoms with van der Waals surface area (Å²) in [6, 6.07) is 0. The van der Waals surface area contributed by atoms with E-state index in [1.165, 1.54) is 25.7 Å². The second-order valence-electron chi connectivity index (χ2n) is 5.36. The second kappa shape index (κ2) is 5.51. The number of fused-ring (bicyclic) bond motifs is 1. The Hall–Kier alpha value is -1.07. The minimum Gasteiger partial charge on any atom is -0.355 e. The van der Waals surface area contributed by atoms with Crippen molar-refractivity contribution in [1.29, 1.82) is 0 Å². The first-order chi connectivity index (χ1) is 9.33. The molecule has 1 fully saturated rings. The molecule has 2 N–H and O–H groups in total. The Morgan fingerprint density at radius 3 is 2.89 bits per heavy atom. The van der Waals surface area contributed by atoms with Crippen molar-refractivity contribution in [1.82, 2.24) is 9.38 Å². The van der Waals surface area contributed by atoms with Crippen molar-refractivity contribution >= 4 is 22.1 Å². The van der Waals surface area contributed by atoms with E-state index in [4.69, 9.17) is 10.7 Å². The minimum absolute atomic E-state index is 0.558. The molecule has 104 valence electrons. The molecule has 19 heavy (non-hydrogen) atoms. The summed E-state index contributed by atoms with van der Waals surface area (Å²) in [5.74, 6) is 2.02. The predicted molar refractivity (Wildman–Crippen MR) is 80.8 cm³/mol. The van der Waals surface area contributed by atoms with Gasteiger partial charge in [-0.3, -0.25) is 4.40 Å². The highest BCUT2D eigenvalue weighted by atomic mass is 32.1. The molecule has 2 aromatic rings. The van der Waals surface area contributed by atoms with Crippen molar-refractivity contribution in [2.75, 3.05) is 18.0 Å². The lowest BCUT2D eigenvalue weighted by atomic mass is 9.92. The van der Waals surface area contributed by atoms with Crippen LogP contribution in [-0.2, 0) is 6.54 Å². The second-order valence-corrected chi connectivity index (χ2v) is 6.23. The van der Waals surface area contributed by atoms with Crippen LogP contribution in [0.2, 0.25) is 0 Å². The number of hydrogen-bond acceptors (Lipinski definition) is 4. The maximum absolute atomic E-state index is 5.92. The van der Waals surface area contributed by atoms with Crippen molar-refractivity contribution in [3.05, 3.63) is 17.3 Å². The third-order valence-electron chi connectivity index (χ3n) is 4.14. The van der Waals surface area contributed by atoms with Crippen molar-refractivity contribution in [2.24, 2.45) is 11.7 Å². The Morgan fingerprint density at radius 2 is 2.21 bits per heavy atom. The summed E-state index contributed by atoms with van der Waals surface area (Å²) < 4.78 is 2.14. The van der Waals surface area contributed by atoms with Crippen LogP contribution in [0.25, 0.3) is 4.96 Å². The highest BCUT2D eigenvalue weighted by Crippen LogP contribution is 2.29. The van der Waals surface area contributed by atoms with Crippen LogP contribution in [0.15, 0.2) is 11.6 Å². The van der Waals surface area contributed by atoms with Gasteiger partial charge in [0, 0.05) is 31.2 Å². The molecule has 1 aliphatic heterocycles. The molecule has 0 saturated carbocycles. The number of aromatic nitrogens is 2. The van der Waals surface area contributed by atoms with Crippen LogP contribution < -0.4 is 10.6 Å². The summed E-state index contributed by atoms with van der Waals surface area (Å²) in [5.41, 5.74) is 7.08. The Kier molecular flexibility index (Phi) is 3.75. The first-order valence-corrected chi connectivity index (χ1v) is 8.11. The lowest BCUT2D eigenvalue weighted by Gasteiger charge is -2.32.